The van der Waals surface area contributed by atoms with Crippen LogP contribution in [0.15, 0.2) is 29.5 Å². The maximum atomic E-state index is 11.9. The molecule has 0 spiro atoms. The molecule has 0 aliphatic rings. The van der Waals surface area contributed by atoms with E-state index in [1.165, 1.54) is 4.68 Å². The summed E-state index contributed by atoms with van der Waals surface area (Å²) in [4.78, 5) is 26.9. The van der Waals surface area contributed by atoms with E-state index in [9.17, 15) is 4.79 Å². The van der Waals surface area contributed by atoms with Gasteiger partial charge in [-0.2, -0.15) is 5.10 Å². The Labute approximate surface area is 107 Å². The number of aryl methyl sites for hydroxylation is 1. The Kier molecular flexibility index (Phi) is 2.67. The van der Waals surface area contributed by atoms with Gasteiger partial charge in [-0.3, -0.25) is 14.5 Å². The molecule has 0 saturated heterocycles. The average molecular weight is 257 g/mol. The molecule has 0 saturated carbocycles. The number of hydrogen-bond donors (Lipinski definition) is 2. The van der Waals surface area contributed by atoms with Crippen molar-refractivity contribution in [3.63, 3.8) is 0 Å². The predicted octanol–water partition coefficient (Wildman–Crippen LogP) is 0.0587. The smallest absolute Gasteiger partial charge is 0.278 e. The Morgan fingerprint density at radius 3 is 2.95 bits per heavy atom. The summed E-state index contributed by atoms with van der Waals surface area (Å²) in [6.45, 7) is 0.384. The number of nitrogens with zero attached hydrogens (tertiary/aromatic N) is 5. The van der Waals surface area contributed by atoms with E-state index in [0.717, 1.165) is 0 Å². The Morgan fingerprint density at radius 1 is 1.37 bits per heavy atom. The molecule has 8 nitrogen and oxygen atoms in total. The van der Waals surface area contributed by atoms with E-state index in [0.29, 0.717) is 29.4 Å². The molecule has 3 aromatic rings. The maximum Gasteiger partial charge on any atom is 0.278 e. The van der Waals surface area contributed by atoms with Crippen LogP contribution in [0.25, 0.3) is 11.0 Å². The highest BCUT2D eigenvalue weighted by Gasteiger charge is 2.08. The molecule has 0 radical (unpaired) electrons. The van der Waals surface area contributed by atoms with E-state index in [2.05, 4.69) is 30.4 Å². The first-order valence-electron chi connectivity index (χ1n) is 5.66. The van der Waals surface area contributed by atoms with Gasteiger partial charge in [0.25, 0.3) is 5.56 Å². The molecule has 3 aromatic heterocycles. The Hall–Kier alpha value is -2.77. The van der Waals surface area contributed by atoms with Crippen LogP contribution in [0.4, 0.5) is 5.95 Å². The lowest BCUT2D eigenvalue weighted by Crippen LogP contribution is -2.15. The van der Waals surface area contributed by atoms with E-state index >= 15 is 0 Å². The molecule has 0 bridgehead atoms. The number of aromatic nitrogens is 6. The molecular weight excluding hydrogens is 246 g/mol. The molecule has 0 fully saturated rings. The zero-order chi connectivity index (χ0) is 13.2. The van der Waals surface area contributed by atoms with E-state index in [1.807, 2.05) is 0 Å². The Balaban J connectivity index is 1.88. The van der Waals surface area contributed by atoms with Gasteiger partial charge in [-0.05, 0) is 6.07 Å². The minimum Gasteiger partial charge on any atom is -0.348 e. The van der Waals surface area contributed by atoms with Crippen LogP contribution in [0, 0.1) is 0 Å². The van der Waals surface area contributed by atoms with Gasteiger partial charge in [0.15, 0.2) is 5.52 Å². The molecular formula is C11H11N7O. The highest BCUT2D eigenvalue weighted by atomic mass is 16.1. The minimum atomic E-state index is -0.235. The first-order valence-corrected chi connectivity index (χ1v) is 5.66. The number of rotatable bonds is 3. The number of nitrogens with one attached hydrogen (secondary N) is 2. The summed E-state index contributed by atoms with van der Waals surface area (Å²) in [7, 11) is 1.70. The highest BCUT2D eigenvalue weighted by Crippen LogP contribution is 2.07. The number of H-pyrrole nitrogens is 1. The van der Waals surface area contributed by atoms with E-state index < -0.39 is 0 Å². The molecule has 96 valence electrons. The van der Waals surface area contributed by atoms with Crippen LogP contribution >= 0.6 is 0 Å². The number of hydrogen-bond acceptors (Lipinski definition) is 6. The van der Waals surface area contributed by atoms with Crippen molar-refractivity contribution in [2.45, 2.75) is 6.54 Å². The second-order valence-electron chi connectivity index (χ2n) is 3.94. The zero-order valence-corrected chi connectivity index (χ0v) is 10.2. The third-order valence-electron chi connectivity index (χ3n) is 2.63. The first kappa shape index (κ1) is 11.3. The molecule has 19 heavy (non-hydrogen) atoms. The predicted molar refractivity (Wildman–Crippen MR) is 68.5 cm³/mol. The van der Waals surface area contributed by atoms with E-state index in [4.69, 9.17) is 0 Å². The summed E-state index contributed by atoms with van der Waals surface area (Å²) in [5.41, 5.74) is 0.755. The maximum absolute atomic E-state index is 11.9. The summed E-state index contributed by atoms with van der Waals surface area (Å²) in [6.07, 6.45) is 4.86. The van der Waals surface area contributed by atoms with Crippen LogP contribution in [0.3, 0.4) is 0 Å². The molecule has 3 rings (SSSR count). The topological polar surface area (TPSA) is 101 Å². The normalized spacial score (nSPS) is 10.8. The van der Waals surface area contributed by atoms with Crippen LogP contribution in [0.2, 0.25) is 0 Å². The molecule has 0 aliphatic heterocycles. The number of anilines is 1. The molecule has 3 heterocycles. The summed E-state index contributed by atoms with van der Waals surface area (Å²) >= 11 is 0. The lowest BCUT2D eigenvalue weighted by molar-refractivity contribution is 0.792. The number of aromatic amines is 1. The molecule has 0 unspecified atom stereocenters. The van der Waals surface area contributed by atoms with Gasteiger partial charge in [-0.15, -0.1) is 0 Å². The van der Waals surface area contributed by atoms with Gasteiger partial charge < -0.3 is 5.32 Å². The van der Waals surface area contributed by atoms with Gasteiger partial charge in [0.2, 0.25) is 5.95 Å². The van der Waals surface area contributed by atoms with Crippen molar-refractivity contribution in [1.82, 2.24) is 29.7 Å². The van der Waals surface area contributed by atoms with E-state index in [1.54, 1.807) is 31.7 Å². The van der Waals surface area contributed by atoms with Crippen LogP contribution in [0.5, 0.6) is 0 Å². The van der Waals surface area contributed by atoms with Crippen LogP contribution < -0.4 is 10.9 Å². The molecule has 2 N–H and O–H groups in total. The molecule has 0 aliphatic carbocycles. The summed E-state index contributed by atoms with van der Waals surface area (Å²) in [5.74, 6) is 0.995. The van der Waals surface area contributed by atoms with Crippen molar-refractivity contribution >= 4 is 17.0 Å². The van der Waals surface area contributed by atoms with E-state index in [-0.39, 0.29) is 5.56 Å². The first-order chi connectivity index (χ1) is 9.24. The number of fused-ring (bicyclic) bond motifs is 1. The van der Waals surface area contributed by atoms with Gasteiger partial charge in [0, 0.05) is 19.4 Å². The van der Waals surface area contributed by atoms with Crippen molar-refractivity contribution in [1.29, 1.82) is 0 Å². The molecule has 0 atom stereocenters. The molecule has 0 amide bonds. The third kappa shape index (κ3) is 2.15. The summed E-state index contributed by atoms with van der Waals surface area (Å²) in [6, 6.07) is 1.74. The minimum absolute atomic E-state index is 0.235. The zero-order valence-electron chi connectivity index (χ0n) is 10.2. The van der Waals surface area contributed by atoms with Gasteiger partial charge in [-0.25, -0.2) is 15.0 Å². The summed E-state index contributed by atoms with van der Waals surface area (Å²) in [5, 5.41) is 6.97. The molecule has 0 aromatic carbocycles. The lowest BCUT2D eigenvalue weighted by atomic mass is 10.4. The standard InChI is InChI=1S/C11H11N7O/c1-18-9-7(5-15-18)16-11(17-10(9)19)14-6-8-12-3-2-4-13-8/h2-5H,6H2,1H3,(H2,14,16,17,19). The average Bonchev–Trinajstić information content (AvgIpc) is 2.80. The van der Waals surface area contributed by atoms with Crippen molar-refractivity contribution in [3.8, 4) is 0 Å². The SMILES string of the molecule is Cn1ncc2nc(NCc3ncccn3)[nH]c(=O)c21. The highest BCUT2D eigenvalue weighted by molar-refractivity contribution is 5.73. The van der Waals surface area contributed by atoms with Crippen LogP contribution in [-0.4, -0.2) is 29.7 Å². The largest absolute Gasteiger partial charge is 0.348 e. The van der Waals surface area contributed by atoms with Gasteiger partial charge in [0.05, 0.1) is 12.7 Å². The van der Waals surface area contributed by atoms with Crippen molar-refractivity contribution < 1.29 is 0 Å². The lowest BCUT2D eigenvalue weighted by Gasteiger charge is -2.03. The second kappa shape index (κ2) is 4.48. The summed E-state index contributed by atoms with van der Waals surface area (Å²) < 4.78 is 1.49. The quantitative estimate of drug-likeness (QED) is 0.688. The van der Waals surface area contributed by atoms with Gasteiger partial charge in [0.1, 0.15) is 11.3 Å². The third-order valence-corrected chi connectivity index (χ3v) is 2.63. The van der Waals surface area contributed by atoms with Gasteiger partial charge >= 0.3 is 0 Å². The van der Waals surface area contributed by atoms with Crippen LogP contribution in [-0.2, 0) is 13.6 Å². The Bertz CT molecular complexity index is 762. The van der Waals surface area contributed by atoms with Crippen molar-refractivity contribution in [3.05, 3.63) is 40.8 Å². The van der Waals surface area contributed by atoms with Crippen molar-refractivity contribution in [2.24, 2.45) is 7.05 Å². The van der Waals surface area contributed by atoms with Crippen molar-refractivity contribution in [2.75, 3.05) is 5.32 Å². The second-order valence-corrected chi connectivity index (χ2v) is 3.94. The van der Waals surface area contributed by atoms with Crippen LogP contribution in [0.1, 0.15) is 5.82 Å². The fourth-order valence-corrected chi connectivity index (χ4v) is 1.75. The van der Waals surface area contributed by atoms with Gasteiger partial charge in [-0.1, -0.05) is 0 Å². The fourth-order valence-electron chi connectivity index (χ4n) is 1.75. The Morgan fingerprint density at radius 2 is 2.16 bits per heavy atom. The monoisotopic (exact) mass is 257 g/mol. The fraction of sp³-hybridized carbons (Fsp3) is 0.182. The molecule has 8 heteroatoms.